The van der Waals surface area contributed by atoms with Gasteiger partial charge in [0.15, 0.2) is 0 Å². The predicted molar refractivity (Wildman–Crippen MR) is 81.8 cm³/mol. The number of rotatable bonds is 4. The van der Waals surface area contributed by atoms with E-state index >= 15 is 0 Å². The van der Waals surface area contributed by atoms with E-state index in [1.54, 1.807) is 0 Å². The lowest BCUT2D eigenvalue weighted by atomic mass is 10.1. The molecule has 2 aromatic rings. The van der Waals surface area contributed by atoms with Crippen LogP contribution in [0.1, 0.15) is 27.7 Å². The average molecular weight is 257 g/mol. The topological polar surface area (TPSA) is 21.3 Å². The molecule has 0 radical (unpaired) electrons. The van der Waals surface area contributed by atoms with Crippen molar-refractivity contribution in [2.24, 2.45) is 0 Å². The van der Waals surface area contributed by atoms with Gasteiger partial charge in [0, 0.05) is 12.1 Å². The Morgan fingerprint density at radius 2 is 1.74 bits per heavy atom. The lowest BCUT2D eigenvalue weighted by Gasteiger charge is -2.24. The van der Waals surface area contributed by atoms with Gasteiger partial charge in [-0.25, -0.2) is 0 Å². The molecule has 19 heavy (non-hydrogen) atoms. The Balaban J connectivity index is 2.00. The van der Waals surface area contributed by atoms with Crippen molar-refractivity contribution in [2.45, 2.75) is 39.3 Å². The fraction of sp³-hybridized carbons (Fsp3) is 0.412. The van der Waals surface area contributed by atoms with Gasteiger partial charge in [-0.3, -0.25) is 0 Å². The summed E-state index contributed by atoms with van der Waals surface area (Å²) in [6.45, 7) is 9.42. The lowest BCUT2D eigenvalue weighted by Crippen LogP contribution is -2.41. The molecule has 102 valence electrons. The van der Waals surface area contributed by atoms with Crippen molar-refractivity contribution in [2.75, 3.05) is 6.54 Å². The minimum Gasteiger partial charge on any atom is -0.489 e. The molecular formula is C17H23NO. The quantitative estimate of drug-likeness (QED) is 0.894. The number of hydrogen-bond donors (Lipinski definition) is 1. The van der Waals surface area contributed by atoms with Crippen LogP contribution in [0.15, 0.2) is 42.5 Å². The number of fused-ring (bicyclic) bond motifs is 1. The highest BCUT2D eigenvalue weighted by molar-refractivity contribution is 5.83. The fourth-order valence-electron chi connectivity index (χ4n) is 1.96. The van der Waals surface area contributed by atoms with Crippen LogP contribution in [0, 0.1) is 0 Å². The second kappa shape index (κ2) is 5.62. The summed E-state index contributed by atoms with van der Waals surface area (Å²) in [6, 6.07) is 14.6. The van der Waals surface area contributed by atoms with Crippen molar-refractivity contribution in [3.05, 3.63) is 42.5 Å². The van der Waals surface area contributed by atoms with Crippen LogP contribution in [0.5, 0.6) is 5.75 Å². The molecule has 2 aromatic carbocycles. The van der Waals surface area contributed by atoms with Gasteiger partial charge in [0.25, 0.3) is 0 Å². The van der Waals surface area contributed by atoms with Gasteiger partial charge < -0.3 is 10.1 Å². The zero-order valence-corrected chi connectivity index (χ0v) is 12.2. The standard InChI is InChI=1S/C17H23NO/c1-13(12-18-17(2,3)4)19-16-10-9-14-7-5-6-8-15(14)11-16/h5-11,13,18H,12H2,1-4H3. The maximum atomic E-state index is 5.96. The largest absolute Gasteiger partial charge is 0.489 e. The molecule has 2 heteroatoms. The SMILES string of the molecule is CC(CNC(C)(C)C)Oc1ccc2ccccc2c1. The van der Waals surface area contributed by atoms with Crippen LogP contribution in [0.25, 0.3) is 10.8 Å². The van der Waals surface area contributed by atoms with E-state index < -0.39 is 0 Å². The second-order valence-electron chi connectivity index (χ2n) is 6.07. The zero-order chi connectivity index (χ0) is 13.9. The summed E-state index contributed by atoms with van der Waals surface area (Å²) < 4.78 is 5.96. The normalized spacial score (nSPS) is 13.5. The van der Waals surface area contributed by atoms with Crippen molar-refractivity contribution < 1.29 is 4.74 Å². The zero-order valence-electron chi connectivity index (χ0n) is 12.2. The van der Waals surface area contributed by atoms with Gasteiger partial charge in [-0.05, 0) is 50.6 Å². The van der Waals surface area contributed by atoms with Crippen molar-refractivity contribution in [1.82, 2.24) is 5.32 Å². The van der Waals surface area contributed by atoms with Gasteiger partial charge in [0.2, 0.25) is 0 Å². The summed E-state index contributed by atoms with van der Waals surface area (Å²) in [7, 11) is 0. The molecule has 0 aliphatic carbocycles. The molecule has 0 saturated heterocycles. The Kier molecular flexibility index (Phi) is 4.11. The van der Waals surface area contributed by atoms with E-state index in [4.69, 9.17) is 4.74 Å². The highest BCUT2D eigenvalue weighted by atomic mass is 16.5. The molecule has 1 atom stereocenters. The summed E-state index contributed by atoms with van der Waals surface area (Å²) >= 11 is 0. The average Bonchev–Trinajstić information content (AvgIpc) is 2.35. The maximum Gasteiger partial charge on any atom is 0.120 e. The molecule has 0 fully saturated rings. The van der Waals surface area contributed by atoms with Gasteiger partial charge in [0.1, 0.15) is 11.9 Å². The van der Waals surface area contributed by atoms with Gasteiger partial charge in [-0.1, -0.05) is 30.3 Å². The van der Waals surface area contributed by atoms with Crippen LogP contribution in [-0.2, 0) is 0 Å². The van der Waals surface area contributed by atoms with Crippen molar-refractivity contribution in [3.8, 4) is 5.75 Å². The highest BCUT2D eigenvalue weighted by Gasteiger charge is 2.11. The highest BCUT2D eigenvalue weighted by Crippen LogP contribution is 2.21. The second-order valence-corrected chi connectivity index (χ2v) is 6.07. The van der Waals surface area contributed by atoms with Crippen molar-refractivity contribution in [3.63, 3.8) is 0 Å². The number of nitrogens with one attached hydrogen (secondary N) is 1. The molecule has 1 unspecified atom stereocenters. The van der Waals surface area contributed by atoms with Crippen LogP contribution < -0.4 is 10.1 Å². The Morgan fingerprint density at radius 1 is 1.05 bits per heavy atom. The first-order valence-corrected chi connectivity index (χ1v) is 6.84. The van der Waals surface area contributed by atoms with E-state index in [0.29, 0.717) is 0 Å². The molecule has 0 aromatic heterocycles. The molecule has 0 spiro atoms. The monoisotopic (exact) mass is 257 g/mol. The van der Waals surface area contributed by atoms with E-state index in [9.17, 15) is 0 Å². The number of hydrogen-bond acceptors (Lipinski definition) is 2. The van der Waals surface area contributed by atoms with Gasteiger partial charge in [0.05, 0.1) is 0 Å². The molecular weight excluding hydrogens is 234 g/mol. The van der Waals surface area contributed by atoms with E-state index in [2.05, 4.69) is 69.4 Å². The molecule has 0 saturated carbocycles. The van der Waals surface area contributed by atoms with E-state index in [1.165, 1.54) is 10.8 Å². The molecule has 0 aliphatic rings. The Labute approximate surface area is 115 Å². The molecule has 0 heterocycles. The third-order valence-electron chi connectivity index (χ3n) is 2.98. The molecule has 2 nitrogen and oxygen atoms in total. The van der Waals surface area contributed by atoms with Crippen LogP contribution >= 0.6 is 0 Å². The third kappa shape index (κ3) is 4.25. The minimum atomic E-state index is 0.126. The lowest BCUT2D eigenvalue weighted by molar-refractivity contribution is 0.203. The van der Waals surface area contributed by atoms with Crippen LogP contribution in [0.2, 0.25) is 0 Å². The predicted octanol–water partition coefficient (Wildman–Crippen LogP) is 4.00. The van der Waals surface area contributed by atoms with Gasteiger partial charge >= 0.3 is 0 Å². The first-order valence-electron chi connectivity index (χ1n) is 6.84. The maximum absolute atomic E-state index is 5.96. The van der Waals surface area contributed by atoms with Crippen LogP contribution in [-0.4, -0.2) is 18.2 Å². The molecule has 2 rings (SSSR count). The molecule has 0 aliphatic heterocycles. The number of ether oxygens (including phenoxy) is 1. The fourth-order valence-corrected chi connectivity index (χ4v) is 1.96. The van der Waals surface area contributed by atoms with Gasteiger partial charge in [-0.15, -0.1) is 0 Å². The van der Waals surface area contributed by atoms with E-state index in [0.717, 1.165) is 12.3 Å². The van der Waals surface area contributed by atoms with E-state index in [-0.39, 0.29) is 11.6 Å². The first-order chi connectivity index (χ1) is 8.94. The van der Waals surface area contributed by atoms with Crippen molar-refractivity contribution in [1.29, 1.82) is 0 Å². The molecule has 0 bridgehead atoms. The summed E-state index contributed by atoms with van der Waals surface area (Å²) in [5, 5.41) is 5.92. The summed E-state index contributed by atoms with van der Waals surface area (Å²) in [4.78, 5) is 0. The first kappa shape index (κ1) is 13.9. The molecule has 0 amide bonds. The summed E-state index contributed by atoms with van der Waals surface area (Å²) in [6.07, 6.45) is 0.153. The van der Waals surface area contributed by atoms with Crippen LogP contribution in [0.4, 0.5) is 0 Å². The smallest absolute Gasteiger partial charge is 0.120 e. The Bertz CT molecular complexity index is 542. The summed E-state index contributed by atoms with van der Waals surface area (Å²) in [5.74, 6) is 0.932. The summed E-state index contributed by atoms with van der Waals surface area (Å²) in [5.41, 5.74) is 0.126. The third-order valence-corrected chi connectivity index (χ3v) is 2.98. The Morgan fingerprint density at radius 3 is 2.42 bits per heavy atom. The van der Waals surface area contributed by atoms with E-state index in [1.807, 2.05) is 6.07 Å². The van der Waals surface area contributed by atoms with Crippen LogP contribution in [0.3, 0.4) is 0 Å². The van der Waals surface area contributed by atoms with Crippen molar-refractivity contribution >= 4 is 10.8 Å². The number of benzene rings is 2. The minimum absolute atomic E-state index is 0.126. The Hall–Kier alpha value is -1.54. The molecule has 1 N–H and O–H groups in total. The van der Waals surface area contributed by atoms with Gasteiger partial charge in [-0.2, -0.15) is 0 Å².